The average Bonchev–Trinajstić information content (AvgIpc) is 2.20. The van der Waals surface area contributed by atoms with Crippen LogP contribution < -0.4 is 11.5 Å². The zero-order valence-electron chi connectivity index (χ0n) is 14.6. The normalized spacial score (nSPS) is 17.9. The minimum absolute atomic E-state index is 0.150. The first kappa shape index (κ1) is 19.8. The topological polar surface area (TPSA) is 70.5 Å². The van der Waals surface area contributed by atoms with Crippen LogP contribution in [0.5, 0.6) is 0 Å². The van der Waals surface area contributed by atoms with Gasteiger partial charge in [0.25, 0.3) is 0 Å². The Hall–Kier alpha value is -0.160. The summed E-state index contributed by atoms with van der Waals surface area (Å²) in [4.78, 5) is 0. The molecule has 0 fully saturated rings. The molecular formula is C16H36N2O2. The Balaban J connectivity index is 3.94. The van der Waals surface area contributed by atoms with Gasteiger partial charge in [0.15, 0.2) is 0 Å². The Morgan fingerprint density at radius 3 is 2.00 bits per heavy atom. The second kappa shape index (κ2) is 7.74. The summed E-state index contributed by atoms with van der Waals surface area (Å²) in [6.07, 6.45) is 2.77. The molecule has 0 bridgehead atoms. The lowest BCUT2D eigenvalue weighted by Gasteiger charge is -2.34. The molecule has 0 aromatic carbocycles. The molecule has 0 aliphatic rings. The van der Waals surface area contributed by atoms with Gasteiger partial charge in [0, 0.05) is 11.1 Å². The van der Waals surface area contributed by atoms with Crippen LogP contribution in [0.2, 0.25) is 0 Å². The van der Waals surface area contributed by atoms with Gasteiger partial charge in [-0.15, -0.1) is 0 Å². The monoisotopic (exact) mass is 288 g/mol. The van der Waals surface area contributed by atoms with Crippen molar-refractivity contribution in [3.05, 3.63) is 0 Å². The van der Waals surface area contributed by atoms with Crippen molar-refractivity contribution in [3.63, 3.8) is 0 Å². The highest BCUT2D eigenvalue weighted by Crippen LogP contribution is 2.24. The van der Waals surface area contributed by atoms with Crippen molar-refractivity contribution in [2.24, 2.45) is 11.5 Å². The van der Waals surface area contributed by atoms with E-state index in [0.717, 1.165) is 19.3 Å². The lowest BCUT2D eigenvalue weighted by Crippen LogP contribution is -2.44. The largest absolute Gasteiger partial charge is 0.376 e. The quantitative estimate of drug-likeness (QED) is 0.606. The number of rotatable bonds is 10. The molecule has 0 aromatic rings. The van der Waals surface area contributed by atoms with Crippen LogP contribution in [0.25, 0.3) is 0 Å². The highest BCUT2D eigenvalue weighted by Gasteiger charge is 2.28. The van der Waals surface area contributed by atoms with Gasteiger partial charge in [0.05, 0.1) is 24.9 Å². The van der Waals surface area contributed by atoms with Crippen LogP contribution in [0, 0.1) is 0 Å². The summed E-state index contributed by atoms with van der Waals surface area (Å²) in [5.74, 6) is 0. The molecule has 2 atom stereocenters. The second-order valence-electron chi connectivity index (χ2n) is 7.67. The van der Waals surface area contributed by atoms with E-state index in [1.54, 1.807) is 0 Å². The molecule has 0 aliphatic carbocycles. The predicted molar refractivity (Wildman–Crippen MR) is 85.8 cm³/mol. The molecule has 0 aromatic heterocycles. The maximum Gasteiger partial charge on any atom is 0.0707 e. The Kier molecular flexibility index (Phi) is 7.67. The Labute approximate surface area is 125 Å². The molecule has 4 heteroatoms. The van der Waals surface area contributed by atoms with Crippen molar-refractivity contribution >= 4 is 0 Å². The third-order valence-electron chi connectivity index (χ3n) is 3.43. The van der Waals surface area contributed by atoms with Gasteiger partial charge in [0.1, 0.15) is 0 Å². The molecule has 4 N–H and O–H groups in total. The van der Waals surface area contributed by atoms with Gasteiger partial charge in [-0.25, -0.2) is 0 Å². The summed E-state index contributed by atoms with van der Waals surface area (Å²) in [5.41, 5.74) is 11.6. The number of ether oxygens (including phenoxy) is 2. The smallest absolute Gasteiger partial charge is 0.0707 e. The van der Waals surface area contributed by atoms with Crippen LogP contribution >= 0.6 is 0 Å². The molecule has 0 amide bonds. The molecule has 0 saturated heterocycles. The first-order chi connectivity index (χ1) is 8.87. The van der Waals surface area contributed by atoms with E-state index in [-0.39, 0.29) is 22.8 Å². The van der Waals surface area contributed by atoms with E-state index in [1.165, 1.54) is 0 Å². The maximum absolute atomic E-state index is 6.20. The van der Waals surface area contributed by atoms with Crippen molar-refractivity contribution in [3.8, 4) is 0 Å². The molecule has 122 valence electrons. The van der Waals surface area contributed by atoms with Crippen LogP contribution in [0.15, 0.2) is 0 Å². The second-order valence-corrected chi connectivity index (χ2v) is 7.67. The van der Waals surface area contributed by atoms with Gasteiger partial charge in [-0.2, -0.15) is 0 Å². The van der Waals surface area contributed by atoms with Crippen molar-refractivity contribution in [2.45, 2.75) is 90.5 Å². The van der Waals surface area contributed by atoms with Crippen molar-refractivity contribution < 1.29 is 9.47 Å². The molecule has 0 saturated carbocycles. The highest BCUT2D eigenvalue weighted by atomic mass is 16.5. The Morgan fingerprint density at radius 2 is 1.55 bits per heavy atom. The summed E-state index contributed by atoms with van der Waals surface area (Å²) >= 11 is 0. The SMILES string of the molecule is CCC(C)(N)CC(C)(C)OCCOC(C)CC(C)(C)N. The van der Waals surface area contributed by atoms with Gasteiger partial charge >= 0.3 is 0 Å². The maximum atomic E-state index is 6.20. The summed E-state index contributed by atoms with van der Waals surface area (Å²) < 4.78 is 11.6. The average molecular weight is 288 g/mol. The third kappa shape index (κ3) is 10.6. The van der Waals surface area contributed by atoms with Crippen molar-refractivity contribution in [1.29, 1.82) is 0 Å². The molecule has 0 rings (SSSR count). The van der Waals surface area contributed by atoms with Crippen LogP contribution in [-0.4, -0.2) is 36.0 Å². The first-order valence-corrected chi connectivity index (χ1v) is 7.70. The van der Waals surface area contributed by atoms with Gasteiger partial charge in [0.2, 0.25) is 0 Å². The van der Waals surface area contributed by atoms with E-state index < -0.39 is 0 Å². The number of nitrogens with two attached hydrogens (primary N) is 2. The summed E-state index contributed by atoms with van der Waals surface area (Å²) in [7, 11) is 0. The molecule has 0 heterocycles. The van der Waals surface area contributed by atoms with Crippen LogP contribution in [0.3, 0.4) is 0 Å². The van der Waals surface area contributed by atoms with E-state index in [4.69, 9.17) is 20.9 Å². The minimum Gasteiger partial charge on any atom is -0.376 e. The van der Waals surface area contributed by atoms with E-state index in [1.807, 2.05) is 20.8 Å². The molecule has 20 heavy (non-hydrogen) atoms. The summed E-state index contributed by atoms with van der Waals surface area (Å²) in [5, 5.41) is 0. The molecule has 0 spiro atoms. The molecule has 2 unspecified atom stereocenters. The fraction of sp³-hybridized carbons (Fsp3) is 1.00. The van der Waals surface area contributed by atoms with Crippen LogP contribution in [0.4, 0.5) is 0 Å². The number of hydrogen-bond donors (Lipinski definition) is 2. The van der Waals surface area contributed by atoms with E-state index >= 15 is 0 Å². The molecule has 4 nitrogen and oxygen atoms in total. The van der Waals surface area contributed by atoms with Crippen LogP contribution in [0.1, 0.15) is 67.7 Å². The zero-order valence-corrected chi connectivity index (χ0v) is 14.6. The predicted octanol–water partition coefficient (Wildman–Crippen LogP) is 2.83. The van der Waals surface area contributed by atoms with Gasteiger partial charge in [-0.1, -0.05) is 6.92 Å². The lowest BCUT2D eigenvalue weighted by molar-refractivity contribution is -0.0719. The van der Waals surface area contributed by atoms with Gasteiger partial charge in [-0.3, -0.25) is 0 Å². The van der Waals surface area contributed by atoms with Crippen molar-refractivity contribution in [2.75, 3.05) is 13.2 Å². The van der Waals surface area contributed by atoms with Crippen LogP contribution in [-0.2, 0) is 9.47 Å². The van der Waals surface area contributed by atoms with E-state index in [0.29, 0.717) is 13.2 Å². The third-order valence-corrected chi connectivity index (χ3v) is 3.43. The fourth-order valence-electron chi connectivity index (χ4n) is 2.52. The standard InChI is InChI=1S/C16H36N2O2/c1-8-16(7,18)12-15(5,6)20-10-9-19-13(2)11-14(3,4)17/h13H,8-12,17-18H2,1-7H3. The Morgan fingerprint density at radius 1 is 1.00 bits per heavy atom. The lowest BCUT2D eigenvalue weighted by atomic mass is 9.86. The fourth-order valence-corrected chi connectivity index (χ4v) is 2.52. The van der Waals surface area contributed by atoms with Gasteiger partial charge < -0.3 is 20.9 Å². The first-order valence-electron chi connectivity index (χ1n) is 7.70. The summed E-state index contributed by atoms with van der Waals surface area (Å²) in [6, 6.07) is 0. The Bertz CT molecular complexity index is 270. The molecular weight excluding hydrogens is 252 g/mol. The van der Waals surface area contributed by atoms with E-state index in [2.05, 4.69) is 27.7 Å². The van der Waals surface area contributed by atoms with E-state index in [9.17, 15) is 0 Å². The minimum atomic E-state index is -0.223. The molecule has 0 aliphatic heterocycles. The zero-order chi connectivity index (χ0) is 16.0. The number of hydrogen-bond acceptors (Lipinski definition) is 4. The summed E-state index contributed by atoms with van der Waals surface area (Å²) in [6.45, 7) is 15.6. The highest BCUT2D eigenvalue weighted by molar-refractivity contribution is 4.85. The van der Waals surface area contributed by atoms with Crippen molar-refractivity contribution in [1.82, 2.24) is 0 Å². The molecule has 0 radical (unpaired) electrons. The van der Waals surface area contributed by atoms with Gasteiger partial charge in [-0.05, 0) is 60.8 Å².